The van der Waals surface area contributed by atoms with Crippen LogP contribution in [-0.4, -0.2) is 0 Å². The molecule has 8 rings (SSSR count). The molecule has 4 unspecified atom stereocenters. The van der Waals surface area contributed by atoms with Gasteiger partial charge in [0.15, 0.2) is 0 Å². The number of allylic oxidation sites excluding steroid dienone is 2. The fourth-order valence-corrected chi connectivity index (χ4v) is 26.5. The van der Waals surface area contributed by atoms with Crippen LogP contribution < -0.4 is 24.8 Å². The zero-order chi connectivity index (χ0) is 44.2. The summed E-state index contributed by atoms with van der Waals surface area (Å²) in [4.78, 5) is 0. The van der Waals surface area contributed by atoms with Gasteiger partial charge >= 0.3 is 379 Å². The smallest absolute Gasteiger partial charge is 1.00 e. The van der Waals surface area contributed by atoms with Crippen molar-refractivity contribution >= 4 is 12.2 Å². The minimum Gasteiger partial charge on any atom is -1.00 e. The third kappa shape index (κ3) is 9.22. The standard InChI is InChI=1S/2C27H35.C6H10.2ClH.Ti/c2*1-18(2)12-19-13-20-10-9-11-24(25(20)14-19)21-15-22(26(3,4)5)17-23(16-21)27(6,7)8;1-2-4-6-5-3-1;;;/h2*9-11,13-18H,12H2,1-8H3;1-2H,3-6H2;2*1H;/q;;;;;+2/p-2. The van der Waals surface area contributed by atoms with Crippen LogP contribution in [0.3, 0.4) is 0 Å². The average Bonchev–Trinajstić information content (AvgIpc) is 3.43. The minimum atomic E-state index is -2.89. The van der Waals surface area contributed by atoms with E-state index in [1.165, 1.54) is 83.0 Å². The second-order valence-corrected chi connectivity index (χ2v) is 32.5. The first-order chi connectivity index (χ1) is 28.4. The van der Waals surface area contributed by atoms with Crippen molar-refractivity contribution in [1.82, 2.24) is 0 Å². The number of hydrogen-bond donors (Lipinski definition) is 0. The summed E-state index contributed by atoms with van der Waals surface area (Å²) in [5.41, 5.74) is 21.9. The maximum atomic E-state index is 2.78. The van der Waals surface area contributed by atoms with E-state index < -0.39 is 16.6 Å². The molecule has 3 aliphatic carbocycles. The Hall–Kier alpha value is -2.35. The molecule has 63 heavy (non-hydrogen) atoms. The van der Waals surface area contributed by atoms with Crippen molar-refractivity contribution in [3.8, 4) is 22.3 Å². The van der Waals surface area contributed by atoms with Crippen LogP contribution in [0.1, 0.15) is 202 Å². The van der Waals surface area contributed by atoms with Crippen LogP contribution >= 0.6 is 0 Å². The van der Waals surface area contributed by atoms with Gasteiger partial charge in [0.05, 0.1) is 0 Å². The first-order valence-corrected chi connectivity index (χ1v) is 28.0. The molecular formula is C60H80Cl2Ti. The summed E-state index contributed by atoms with van der Waals surface area (Å²) in [6.07, 6.45) is 13.7. The Kier molecular flexibility index (Phi) is 14.1. The summed E-state index contributed by atoms with van der Waals surface area (Å²) < 4.78 is 3.11. The Bertz CT molecular complexity index is 2160. The van der Waals surface area contributed by atoms with E-state index >= 15 is 0 Å². The second kappa shape index (κ2) is 17.7. The van der Waals surface area contributed by atoms with Crippen molar-refractivity contribution in [3.63, 3.8) is 0 Å². The Balaban J connectivity index is 0.00000330. The topological polar surface area (TPSA) is 0 Å². The van der Waals surface area contributed by atoms with E-state index in [1.54, 1.807) is 33.4 Å². The third-order valence-corrected chi connectivity index (χ3v) is 26.3. The molecule has 4 aromatic rings. The molecule has 2 fully saturated rings. The van der Waals surface area contributed by atoms with Crippen LogP contribution in [0.25, 0.3) is 34.4 Å². The second-order valence-electron chi connectivity index (χ2n) is 25.2. The third-order valence-electron chi connectivity index (χ3n) is 15.5. The van der Waals surface area contributed by atoms with Crippen LogP contribution in [-0.2, 0) is 38.2 Å². The van der Waals surface area contributed by atoms with Gasteiger partial charge in [0.1, 0.15) is 0 Å². The molecule has 0 bridgehead atoms. The number of halogens is 2. The Labute approximate surface area is 401 Å². The molecule has 3 heteroatoms. The van der Waals surface area contributed by atoms with E-state index in [1.807, 2.05) is 0 Å². The van der Waals surface area contributed by atoms with Crippen molar-refractivity contribution in [2.24, 2.45) is 11.8 Å². The van der Waals surface area contributed by atoms with Crippen molar-refractivity contribution in [3.05, 3.63) is 128 Å². The van der Waals surface area contributed by atoms with Gasteiger partial charge in [-0.1, -0.05) is 0 Å². The van der Waals surface area contributed by atoms with Gasteiger partial charge in [-0.25, -0.2) is 0 Å². The van der Waals surface area contributed by atoms with E-state index in [0.29, 0.717) is 20.3 Å². The maximum Gasteiger partial charge on any atom is -1.00 e. The normalized spacial score (nSPS) is 22.1. The van der Waals surface area contributed by atoms with Gasteiger partial charge in [0, 0.05) is 0 Å². The van der Waals surface area contributed by atoms with Crippen molar-refractivity contribution in [2.45, 2.75) is 188 Å². The molecule has 4 atom stereocenters. The number of fused-ring (bicyclic) bond motifs is 3. The molecule has 1 saturated heterocycles. The van der Waals surface area contributed by atoms with Crippen LogP contribution in [0, 0.1) is 11.8 Å². The number of hydrogen-bond acceptors (Lipinski definition) is 0. The SMILES string of the molecule is CC(C)CC1=Cc2c(-c3cc(C(C)(C)C)cc(C(C)(C)C)c3)cccc2[CH]1[Ti+2]1([CH]2C(CC(C)C)=Cc3c(-c4cc(C(C)(C)C)cc(C(C)(C)C)c4)cccc32)[CH]2CCCC[CH]21.[Cl-].[Cl-]. The predicted octanol–water partition coefficient (Wildman–Crippen LogP) is 12.2. The molecule has 1 saturated carbocycles. The zero-order valence-electron chi connectivity index (χ0n) is 42.0. The molecule has 1 heterocycles. The van der Waals surface area contributed by atoms with Crippen LogP contribution in [0.4, 0.5) is 0 Å². The summed E-state index contributed by atoms with van der Waals surface area (Å²) in [6.45, 7) is 38.5. The molecular weight excluding hydrogens is 839 g/mol. The average molecular weight is 920 g/mol. The molecule has 0 aromatic heterocycles. The fraction of sp³-hybridized carbons (Fsp3) is 0.533. The van der Waals surface area contributed by atoms with Gasteiger partial charge in [-0.3, -0.25) is 0 Å². The van der Waals surface area contributed by atoms with Gasteiger partial charge in [-0.15, -0.1) is 0 Å². The molecule has 0 spiro atoms. The predicted molar refractivity (Wildman–Crippen MR) is 265 cm³/mol. The summed E-state index contributed by atoms with van der Waals surface area (Å²) in [6, 6.07) is 30.2. The zero-order valence-corrected chi connectivity index (χ0v) is 45.1. The Morgan fingerprint density at radius 1 is 0.476 bits per heavy atom. The van der Waals surface area contributed by atoms with Crippen molar-refractivity contribution in [1.29, 1.82) is 0 Å². The van der Waals surface area contributed by atoms with Gasteiger partial charge in [-0.05, 0) is 0 Å². The quantitative estimate of drug-likeness (QED) is 0.155. The van der Waals surface area contributed by atoms with Crippen molar-refractivity contribution in [2.75, 3.05) is 0 Å². The van der Waals surface area contributed by atoms with E-state index in [2.05, 4.69) is 196 Å². The van der Waals surface area contributed by atoms with Crippen molar-refractivity contribution < 1.29 is 41.4 Å². The monoisotopic (exact) mass is 919 g/mol. The van der Waals surface area contributed by atoms with Gasteiger partial charge < -0.3 is 24.8 Å². The Morgan fingerprint density at radius 2 is 0.794 bits per heavy atom. The van der Waals surface area contributed by atoms with Gasteiger partial charge in [0.25, 0.3) is 0 Å². The molecule has 0 nitrogen and oxygen atoms in total. The molecule has 4 aliphatic rings. The summed E-state index contributed by atoms with van der Waals surface area (Å²) in [5, 5.41) is 0. The van der Waals surface area contributed by atoms with E-state index in [4.69, 9.17) is 0 Å². The van der Waals surface area contributed by atoms with E-state index in [-0.39, 0.29) is 46.5 Å². The first kappa shape index (κ1) is 50.1. The van der Waals surface area contributed by atoms with Gasteiger partial charge in [-0.2, -0.15) is 0 Å². The van der Waals surface area contributed by atoms with E-state index in [9.17, 15) is 0 Å². The Morgan fingerprint density at radius 3 is 1.08 bits per heavy atom. The van der Waals surface area contributed by atoms with Crippen LogP contribution in [0.15, 0.2) is 83.9 Å². The summed E-state index contributed by atoms with van der Waals surface area (Å²) >= 11 is -2.89. The van der Waals surface area contributed by atoms with Crippen LogP contribution in [0.2, 0.25) is 8.45 Å². The number of rotatable bonds is 8. The van der Waals surface area contributed by atoms with Crippen LogP contribution in [0.5, 0.6) is 0 Å². The molecule has 338 valence electrons. The first-order valence-electron chi connectivity index (χ1n) is 24.4. The molecule has 1 aliphatic heterocycles. The minimum absolute atomic E-state index is 0. The number of benzene rings is 4. The maximum absolute atomic E-state index is 2.89. The largest absolute Gasteiger partial charge is 1.00 e. The van der Waals surface area contributed by atoms with E-state index in [0.717, 1.165) is 8.45 Å². The summed E-state index contributed by atoms with van der Waals surface area (Å²) in [7, 11) is 0. The summed E-state index contributed by atoms with van der Waals surface area (Å²) in [5.74, 6) is 1.26. The fourth-order valence-electron chi connectivity index (χ4n) is 12.4. The molecule has 4 aromatic carbocycles. The molecule has 0 N–H and O–H groups in total. The molecule has 0 amide bonds. The molecule has 0 radical (unpaired) electrons. The van der Waals surface area contributed by atoms with Gasteiger partial charge in [0.2, 0.25) is 0 Å².